The van der Waals surface area contributed by atoms with Gasteiger partial charge in [-0.05, 0) is 38.8 Å². The van der Waals surface area contributed by atoms with Gasteiger partial charge in [0.25, 0.3) is 0 Å². The Balaban J connectivity index is 2.05. The van der Waals surface area contributed by atoms with Gasteiger partial charge in [0.1, 0.15) is 5.82 Å². The summed E-state index contributed by atoms with van der Waals surface area (Å²) in [6.07, 6.45) is 2.53. The number of benzene rings is 1. The molecule has 2 N–H and O–H groups in total. The minimum absolute atomic E-state index is 0.117. The topological polar surface area (TPSA) is 29.3 Å². The molecule has 1 aromatic rings. The maximum absolute atomic E-state index is 13.7. The van der Waals surface area contributed by atoms with Crippen LogP contribution >= 0.6 is 0 Å². The molecule has 1 fully saturated rings. The summed E-state index contributed by atoms with van der Waals surface area (Å²) in [5.41, 5.74) is 7.67. The van der Waals surface area contributed by atoms with Crippen LogP contribution in [0.5, 0.6) is 0 Å². The molecule has 0 bridgehead atoms. The molecule has 1 saturated carbocycles. The number of rotatable bonds is 5. The lowest BCUT2D eigenvalue weighted by atomic mass is 10.1. The summed E-state index contributed by atoms with van der Waals surface area (Å²) in [6, 6.07) is 5.68. The van der Waals surface area contributed by atoms with Gasteiger partial charge in [-0.15, -0.1) is 0 Å². The first-order valence-corrected chi connectivity index (χ1v) is 6.27. The molecular weight excluding hydrogens is 215 g/mol. The first-order chi connectivity index (χ1) is 8.11. The zero-order valence-corrected chi connectivity index (χ0v) is 10.6. The second kappa shape index (κ2) is 5.15. The van der Waals surface area contributed by atoms with Crippen LogP contribution < -0.4 is 5.73 Å². The third-order valence-corrected chi connectivity index (χ3v) is 3.59. The van der Waals surface area contributed by atoms with Crippen molar-refractivity contribution in [2.45, 2.75) is 32.4 Å². The van der Waals surface area contributed by atoms with Crippen LogP contribution in [0, 0.1) is 18.7 Å². The molecule has 1 aliphatic rings. The SMILES string of the molecule is Cc1ccc(F)c(CN(C)C(CN)C2CC2)c1. The molecule has 0 aromatic heterocycles. The Hall–Kier alpha value is -0.930. The van der Waals surface area contributed by atoms with Crippen molar-refractivity contribution in [1.29, 1.82) is 0 Å². The van der Waals surface area contributed by atoms with Gasteiger partial charge >= 0.3 is 0 Å². The van der Waals surface area contributed by atoms with Crippen molar-refractivity contribution < 1.29 is 4.39 Å². The predicted octanol–water partition coefficient (Wildman–Crippen LogP) is 2.30. The minimum Gasteiger partial charge on any atom is -0.329 e. The van der Waals surface area contributed by atoms with E-state index in [-0.39, 0.29) is 5.82 Å². The summed E-state index contributed by atoms with van der Waals surface area (Å²) in [5.74, 6) is 0.604. The number of aryl methyl sites for hydroxylation is 1. The average Bonchev–Trinajstić information content (AvgIpc) is 3.09. The summed E-state index contributed by atoms with van der Waals surface area (Å²) in [6.45, 7) is 3.30. The lowest BCUT2D eigenvalue weighted by molar-refractivity contribution is 0.213. The Kier molecular flexibility index (Phi) is 3.79. The number of halogens is 1. The Bertz CT molecular complexity index is 388. The zero-order chi connectivity index (χ0) is 12.4. The van der Waals surface area contributed by atoms with E-state index in [9.17, 15) is 4.39 Å². The highest BCUT2D eigenvalue weighted by Crippen LogP contribution is 2.35. The maximum atomic E-state index is 13.7. The van der Waals surface area contributed by atoms with E-state index in [1.165, 1.54) is 12.8 Å². The molecule has 0 aliphatic heterocycles. The van der Waals surface area contributed by atoms with Crippen LogP contribution in [0.3, 0.4) is 0 Å². The first-order valence-electron chi connectivity index (χ1n) is 6.27. The molecular formula is C14H21FN2. The van der Waals surface area contributed by atoms with Crippen LogP contribution in [-0.2, 0) is 6.54 Å². The highest BCUT2D eigenvalue weighted by molar-refractivity contribution is 5.24. The van der Waals surface area contributed by atoms with Crippen LogP contribution in [0.4, 0.5) is 4.39 Å². The summed E-state index contributed by atoms with van der Waals surface area (Å²) >= 11 is 0. The zero-order valence-electron chi connectivity index (χ0n) is 10.6. The van der Waals surface area contributed by atoms with Gasteiger partial charge in [-0.25, -0.2) is 4.39 Å². The molecule has 0 spiro atoms. The van der Waals surface area contributed by atoms with Crippen molar-refractivity contribution in [1.82, 2.24) is 4.90 Å². The quantitative estimate of drug-likeness (QED) is 0.850. The van der Waals surface area contributed by atoms with Gasteiger partial charge in [0.05, 0.1) is 0 Å². The van der Waals surface area contributed by atoms with Gasteiger partial charge in [-0.1, -0.05) is 17.7 Å². The molecule has 0 radical (unpaired) electrons. The number of hydrogen-bond acceptors (Lipinski definition) is 2. The van der Waals surface area contributed by atoms with E-state index in [4.69, 9.17) is 5.73 Å². The molecule has 1 aromatic carbocycles. The Morgan fingerprint density at radius 2 is 2.18 bits per heavy atom. The highest BCUT2D eigenvalue weighted by Gasteiger charge is 2.32. The average molecular weight is 236 g/mol. The molecule has 94 valence electrons. The minimum atomic E-state index is -0.117. The molecule has 0 heterocycles. The van der Waals surface area contributed by atoms with E-state index in [0.717, 1.165) is 17.0 Å². The highest BCUT2D eigenvalue weighted by atomic mass is 19.1. The molecule has 1 aliphatic carbocycles. The van der Waals surface area contributed by atoms with Crippen LogP contribution in [0.25, 0.3) is 0 Å². The summed E-state index contributed by atoms with van der Waals surface area (Å²) in [4.78, 5) is 2.19. The first kappa shape index (κ1) is 12.5. The summed E-state index contributed by atoms with van der Waals surface area (Å²) < 4.78 is 13.7. The third-order valence-electron chi connectivity index (χ3n) is 3.59. The molecule has 2 rings (SSSR count). The monoisotopic (exact) mass is 236 g/mol. The van der Waals surface area contributed by atoms with E-state index in [2.05, 4.69) is 4.90 Å². The van der Waals surface area contributed by atoms with E-state index >= 15 is 0 Å². The Morgan fingerprint density at radius 3 is 2.76 bits per heavy atom. The van der Waals surface area contributed by atoms with Crippen LogP contribution in [0.2, 0.25) is 0 Å². The van der Waals surface area contributed by atoms with Crippen LogP contribution in [-0.4, -0.2) is 24.5 Å². The van der Waals surface area contributed by atoms with E-state index in [1.54, 1.807) is 12.1 Å². The number of hydrogen-bond donors (Lipinski definition) is 1. The standard InChI is InChI=1S/C14H21FN2/c1-10-3-6-13(15)12(7-10)9-17(2)14(8-16)11-4-5-11/h3,6-7,11,14H,4-5,8-9,16H2,1-2H3. The van der Waals surface area contributed by atoms with E-state index in [1.807, 2.05) is 20.0 Å². The van der Waals surface area contributed by atoms with Crippen molar-refractivity contribution in [3.8, 4) is 0 Å². The summed E-state index contributed by atoms with van der Waals surface area (Å²) in [7, 11) is 2.04. The van der Waals surface area contributed by atoms with Gasteiger partial charge in [-0.2, -0.15) is 0 Å². The Labute approximate surface area is 103 Å². The van der Waals surface area contributed by atoms with E-state index < -0.39 is 0 Å². The van der Waals surface area contributed by atoms with Gasteiger partial charge in [-0.3, -0.25) is 4.90 Å². The fourth-order valence-electron chi connectivity index (χ4n) is 2.42. The van der Waals surface area contributed by atoms with Gasteiger partial charge in [0.15, 0.2) is 0 Å². The summed E-state index contributed by atoms with van der Waals surface area (Å²) in [5, 5.41) is 0. The molecule has 1 unspecified atom stereocenters. The van der Waals surface area contributed by atoms with Crippen LogP contribution in [0.15, 0.2) is 18.2 Å². The van der Waals surface area contributed by atoms with Crippen molar-refractivity contribution in [3.63, 3.8) is 0 Å². The second-order valence-corrected chi connectivity index (χ2v) is 5.15. The lowest BCUT2D eigenvalue weighted by Crippen LogP contribution is -2.39. The normalized spacial score (nSPS) is 17.5. The maximum Gasteiger partial charge on any atom is 0.127 e. The lowest BCUT2D eigenvalue weighted by Gasteiger charge is -2.27. The van der Waals surface area contributed by atoms with Crippen molar-refractivity contribution in [3.05, 3.63) is 35.1 Å². The molecule has 17 heavy (non-hydrogen) atoms. The molecule has 0 saturated heterocycles. The molecule has 1 atom stereocenters. The largest absolute Gasteiger partial charge is 0.329 e. The number of nitrogens with zero attached hydrogens (tertiary/aromatic N) is 1. The van der Waals surface area contributed by atoms with Gasteiger partial charge in [0.2, 0.25) is 0 Å². The van der Waals surface area contributed by atoms with Crippen LogP contribution in [0.1, 0.15) is 24.0 Å². The van der Waals surface area contributed by atoms with E-state index in [0.29, 0.717) is 19.1 Å². The van der Waals surface area contributed by atoms with Gasteiger partial charge in [0, 0.05) is 24.7 Å². The van der Waals surface area contributed by atoms with Crippen molar-refractivity contribution in [2.24, 2.45) is 11.7 Å². The Morgan fingerprint density at radius 1 is 1.47 bits per heavy atom. The predicted molar refractivity (Wildman–Crippen MR) is 68.2 cm³/mol. The molecule has 0 amide bonds. The van der Waals surface area contributed by atoms with Gasteiger partial charge < -0.3 is 5.73 Å². The molecule has 2 nitrogen and oxygen atoms in total. The number of nitrogens with two attached hydrogens (primary N) is 1. The second-order valence-electron chi connectivity index (χ2n) is 5.15. The molecule has 3 heteroatoms. The fraction of sp³-hybridized carbons (Fsp3) is 0.571. The smallest absolute Gasteiger partial charge is 0.127 e. The van der Waals surface area contributed by atoms with Crippen molar-refractivity contribution >= 4 is 0 Å². The number of likely N-dealkylation sites (N-methyl/N-ethyl adjacent to an activating group) is 1. The fourth-order valence-corrected chi connectivity index (χ4v) is 2.42. The third kappa shape index (κ3) is 3.05. The van der Waals surface area contributed by atoms with Crippen molar-refractivity contribution in [2.75, 3.05) is 13.6 Å².